The van der Waals surface area contributed by atoms with Gasteiger partial charge in [-0.25, -0.2) is 4.79 Å². The largest absolute Gasteiger partial charge is 0.502 e. The van der Waals surface area contributed by atoms with Crippen molar-refractivity contribution in [3.63, 3.8) is 0 Å². The molecule has 0 saturated heterocycles. The Hall–Kier alpha value is -2.10. The summed E-state index contributed by atoms with van der Waals surface area (Å²) in [6.07, 6.45) is 1.45. The molecule has 16 heavy (non-hydrogen) atoms. The van der Waals surface area contributed by atoms with Crippen molar-refractivity contribution in [2.75, 3.05) is 0 Å². The van der Waals surface area contributed by atoms with Crippen molar-refractivity contribution in [2.24, 2.45) is 0 Å². The lowest BCUT2D eigenvalue weighted by molar-refractivity contribution is -0.135. The highest BCUT2D eigenvalue weighted by Gasteiger charge is 2.07. The molecule has 0 radical (unpaired) electrons. The summed E-state index contributed by atoms with van der Waals surface area (Å²) in [6.45, 7) is 0. The second kappa shape index (κ2) is 5.70. The third-order valence-corrected chi connectivity index (χ3v) is 2.02. The smallest absolute Gasteiger partial charge is 0.371 e. The maximum atomic E-state index is 11.2. The van der Waals surface area contributed by atoms with Gasteiger partial charge in [-0.2, -0.15) is 0 Å². The van der Waals surface area contributed by atoms with E-state index < -0.39 is 17.5 Å². The summed E-state index contributed by atoms with van der Waals surface area (Å²) in [7, 11) is 0. The van der Waals surface area contributed by atoms with E-state index >= 15 is 0 Å². The molecular weight excluding hydrogens is 208 g/mol. The lowest BCUT2D eigenvalue weighted by atomic mass is 10.1. The summed E-state index contributed by atoms with van der Waals surface area (Å²) in [5.41, 5.74) is 0.999. The summed E-state index contributed by atoms with van der Waals surface area (Å²) in [6, 6.07) is 9.37. The van der Waals surface area contributed by atoms with Crippen molar-refractivity contribution in [1.82, 2.24) is 0 Å². The lowest BCUT2D eigenvalue weighted by Crippen LogP contribution is -2.04. The van der Waals surface area contributed by atoms with Crippen LogP contribution in [0.2, 0.25) is 0 Å². The number of carboxylic acid groups (broad SMARTS) is 1. The summed E-state index contributed by atoms with van der Waals surface area (Å²) in [5, 5.41) is 17.2. The van der Waals surface area contributed by atoms with Crippen LogP contribution in [0.3, 0.4) is 0 Å². The van der Waals surface area contributed by atoms with Crippen LogP contribution in [0.5, 0.6) is 0 Å². The van der Waals surface area contributed by atoms with Gasteiger partial charge < -0.3 is 10.2 Å². The molecule has 0 unspecified atom stereocenters. The number of allylic oxidation sites excluding steroid dienone is 1. The molecule has 1 aromatic rings. The highest BCUT2D eigenvalue weighted by Crippen LogP contribution is 2.03. The van der Waals surface area contributed by atoms with Gasteiger partial charge in [-0.1, -0.05) is 30.3 Å². The monoisotopic (exact) mass is 220 g/mol. The van der Waals surface area contributed by atoms with Gasteiger partial charge in [-0.3, -0.25) is 4.79 Å². The lowest BCUT2D eigenvalue weighted by Gasteiger charge is -1.98. The van der Waals surface area contributed by atoms with Crippen LogP contribution >= 0.6 is 0 Å². The first kappa shape index (κ1) is 12.0. The van der Waals surface area contributed by atoms with E-state index in [2.05, 4.69) is 0 Å². The standard InChI is InChI=1S/C12H12O4/c13-10(8-11(14)12(15)16)7-6-9-4-2-1-3-5-9/h1-5,8,14H,6-7H2,(H,15,16). The molecule has 1 aromatic carbocycles. The van der Waals surface area contributed by atoms with E-state index in [0.29, 0.717) is 6.42 Å². The predicted molar refractivity (Wildman–Crippen MR) is 58.1 cm³/mol. The van der Waals surface area contributed by atoms with Gasteiger partial charge in [-0.15, -0.1) is 0 Å². The normalized spacial score (nSPS) is 11.1. The Morgan fingerprint density at radius 3 is 2.31 bits per heavy atom. The summed E-state index contributed by atoms with van der Waals surface area (Å²) >= 11 is 0. The molecule has 0 saturated carbocycles. The van der Waals surface area contributed by atoms with Gasteiger partial charge in [0.1, 0.15) is 0 Å². The zero-order valence-electron chi connectivity index (χ0n) is 8.59. The summed E-state index contributed by atoms with van der Waals surface area (Å²) < 4.78 is 0. The van der Waals surface area contributed by atoms with Gasteiger partial charge in [0.05, 0.1) is 0 Å². The molecule has 0 spiro atoms. The van der Waals surface area contributed by atoms with E-state index in [4.69, 9.17) is 10.2 Å². The number of ketones is 1. The first-order valence-corrected chi connectivity index (χ1v) is 4.80. The number of aryl methyl sites for hydroxylation is 1. The Bertz CT molecular complexity index is 406. The molecule has 0 aliphatic heterocycles. The van der Waals surface area contributed by atoms with Crippen LogP contribution < -0.4 is 0 Å². The van der Waals surface area contributed by atoms with Gasteiger partial charge in [0.2, 0.25) is 5.76 Å². The van der Waals surface area contributed by atoms with Crippen molar-refractivity contribution in [3.8, 4) is 0 Å². The Balaban J connectivity index is 2.48. The third kappa shape index (κ3) is 3.96. The molecule has 2 N–H and O–H groups in total. The SMILES string of the molecule is O=C(C=C(O)C(=O)O)CCc1ccccc1. The van der Waals surface area contributed by atoms with E-state index in [1.165, 1.54) is 0 Å². The van der Waals surface area contributed by atoms with Crippen molar-refractivity contribution in [3.05, 3.63) is 47.7 Å². The fourth-order valence-electron chi connectivity index (χ4n) is 1.20. The molecule has 4 heteroatoms. The van der Waals surface area contributed by atoms with Gasteiger partial charge in [0.15, 0.2) is 5.78 Å². The second-order valence-corrected chi connectivity index (χ2v) is 3.29. The zero-order valence-corrected chi connectivity index (χ0v) is 8.59. The zero-order chi connectivity index (χ0) is 12.0. The minimum Gasteiger partial charge on any atom is -0.502 e. The number of rotatable bonds is 5. The van der Waals surface area contributed by atoms with Crippen LogP contribution in [0.25, 0.3) is 0 Å². The minimum atomic E-state index is -1.49. The molecule has 0 aromatic heterocycles. The maximum absolute atomic E-state index is 11.2. The first-order valence-electron chi connectivity index (χ1n) is 4.80. The highest BCUT2D eigenvalue weighted by molar-refractivity contribution is 5.97. The van der Waals surface area contributed by atoms with Gasteiger partial charge in [0.25, 0.3) is 0 Å². The highest BCUT2D eigenvalue weighted by atomic mass is 16.4. The second-order valence-electron chi connectivity index (χ2n) is 3.29. The van der Waals surface area contributed by atoms with E-state index in [0.717, 1.165) is 11.6 Å². The van der Waals surface area contributed by atoms with E-state index in [1.807, 2.05) is 30.3 Å². The summed E-state index contributed by atoms with van der Waals surface area (Å²) in [5.74, 6) is -2.81. The molecule has 0 fully saturated rings. The van der Waals surface area contributed by atoms with Crippen molar-refractivity contribution in [1.29, 1.82) is 0 Å². The fraction of sp³-hybridized carbons (Fsp3) is 0.167. The van der Waals surface area contributed by atoms with E-state index in [1.54, 1.807) is 0 Å². The molecule has 0 heterocycles. The third-order valence-electron chi connectivity index (χ3n) is 2.02. The van der Waals surface area contributed by atoms with Crippen LogP contribution in [0, 0.1) is 0 Å². The topological polar surface area (TPSA) is 74.6 Å². The van der Waals surface area contributed by atoms with Crippen LogP contribution in [0.15, 0.2) is 42.2 Å². The number of hydrogen-bond donors (Lipinski definition) is 2. The number of benzene rings is 1. The van der Waals surface area contributed by atoms with Gasteiger partial charge >= 0.3 is 5.97 Å². The molecule has 0 amide bonds. The maximum Gasteiger partial charge on any atom is 0.371 e. The predicted octanol–water partition coefficient (Wildman–Crippen LogP) is 1.71. The molecule has 0 atom stereocenters. The quantitative estimate of drug-likeness (QED) is 0.585. The molecule has 0 aliphatic carbocycles. The average Bonchev–Trinajstić information content (AvgIpc) is 2.27. The Kier molecular flexibility index (Phi) is 4.27. The van der Waals surface area contributed by atoms with Crippen molar-refractivity contribution >= 4 is 11.8 Å². The Morgan fingerprint density at radius 1 is 1.12 bits per heavy atom. The van der Waals surface area contributed by atoms with Crippen molar-refractivity contribution in [2.45, 2.75) is 12.8 Å². The molecular formula is C12H12O4. The molecule has 0 bridgehead atoms. The number of carbonyl (C=O) groups is 2. The van der Waals surface area contributed by atoms with E-state index in [-0.39, 0.29) is 6.42 Å². The fourth-order valence-corrected chi connectivity index (χ4v) is 1.20. The van der Waals surface area contributed by atoms with Crippen LogP contribution in [0.1, 0.15) is 12.0 Å². The number of aliphatic hydroxyl groups excluding tert-OH is 1. The van der Waals surface area contributed by atoms with Gasteiger partial charge in [0, 0.05) is 12.5 Å². The Morgan fingerprint density at radius 2 is 1.75 bits per heavy atom. The molecule has 84 valence electrons. The van der Waals surface area contributed by atoms with Crippen LogP contribution in [0.4, 0.5) is 0 Å². The number of hydrogen-bond acceptors (Lipinski definition) is 3. The van der Waals surface area contributed by atoms with Crippen LogP contribution in [-0.4, -0.2) is 22.0 Å². The van der Waals surface area contributed by atoms with Crippen LogP contribution in [-0.2, 0) is 16.0 Å². The van der Waals surface area contributed by atoms with E-state index in [9.17, 15) is 9.59 Å². The summed E-state index contributed by atoms with van der Waals surface area (Å²) in [4.78, 5) is 21.5. The van der Waals surface area contributed by atoms with Crippen molar-refractivity contribution < 1.29 is 19.8 Å². The molecule has 0 aliphatic rings. The average molecular weight is 220 g/mol. The minimum absolute atomic E-state index is 0.182. The number of carbonyl (C=O) groups excluding carboxylic acids is 1. The molecule has 4 nitrogen and oxygen atoms in total. The number of aliphatic carboxylic acids is 1. The van der Waals surface area contributed by atoms with Gasteiger partial charge in [-0.05, 0) is 12.0 Å². The first-order chi connectivity index (χ1) is 7.59. The Labute approximate surface area is 92.8 Å². The molecule has 1 rings (SSSR count). The number of carboxylic acids is 1. The number of aliphatic hydroxyl groups is 1.